The zero-order valence-electron chi connectivity index (χ0n) is 10.5. The van der Waals surface area contributed by atoms with Crippen LogP contribution in [0.1, 0.15) is 5.56 Å². The number of aromatic nitrogens is 1. The number of aryl methyl sites for hydroxylation is 1. The predicted molar refractivity (Wildman–Crippen MR) is 68.7 cm³/mol. The van der Waals surface area contributed by atoms with Crippen molar-refractivity contribution >= 4 is 11.8 Å². The Morgan fingerprint density at radius 3 is 2.40 bits per heavy atom. The number of rotatable bonds is 3. The highest BCUT2D eigenvalue weighted by Crippen LogP contribution is 2.18. The van der Waals surface area contributed by atoms with Crippen LogP contribution in [0.25, 0.3) is 0 Å². The van der Waals surface area contributed by atoms with Gasteiger partial charge < -0.3 is 9.47 Å². The molecule has 1 heterocycles. The van der Waals surface area contributed by atoms with Crippen LogP contribution >= 0.6 is 0 Å². The normalized spacial score (nSPS) is 9.85. The number of nitrogens with zero attached hydrogens (tertiary/aromatic N) is 2. The topological polar surface area (TPSA) is 91.6 Å². The maximum Gasteiger partial charge on any atom is 0.519 e. The van der Waals surface area contributed by atoms with Gasteiger partial charge in [0.25, 0.3) is 5.69 Å². The van der Waals surface area contributed by atoms with E-state index in [9.17, 15) is 14.9 Å². The van der Waals surface area contributed by atoms with E-state index < -0.39 is 11.1 Å². The van der Waals surface area contributed by atoms with E-state index in [0.29, 0.717) is 0 Å². The monoisotopic (exact) mass is 274 g/mol. The van der Waals surface area contributed by atoms with Crippen LogP contribution in [-0.4, -0.2) is 16.1 Å². The number of carbonyl (C=O) groups excluding carboxylic acids is 1. The van der Waals surface area contributed by atoms with Crippen LogP contribution in [-0.2, 0) is 0 Å². The summed E-state index contributed by atoms with van der Waals surface area (Å²) in [5.74, 6) is 0.415. The SMILES string of the molecule is Cc1cncc(OC(=O)Oc2ccc([N+](=O)[O-])cc2)c1. The molecular weight excluding hydrogens is 264 g/mol. The Morgan fingerprint density at radius 1 is 1.15 bits per heavy atom. The van der Waals surface area contributed by atoms with Gasteiger partial charge in [-0.05, 0) is 30.7 Å². The zero-order valence-corrected chi connectivity index (χ0v) is 10.5. The Kier molecular flexibility index (Phi) is 3.90. The number of nitro groups is 1. The molecule has 0 unspecified atom stereocenters. The third-order valence-corrected chi connectivity index (χ3v) is 2.30. The van der Waals surface area contributed by atoms with Crippen molar-refractivity contribution in [2.75, 3.05) is 0 Å². The van der Waals surface area contributed by atoms with Crippen molar-refractivity contribution in [2.24, 2.45) is 0 Å². The lowest BCUT2D eigenvalue weighted by atomic mass is 10.3. The molecule has 102 valence electrons. The average Bonchev–Trinajstić information content (AvgIpc) is 2.39. The molecule has 7 nitrogen and oxygen atoms in total. The van der Waals surface area contributed by atoms with E-state index >= 15 is 0 Å². The lowest BCUT2D eigenvalue weighted by Gasteiger charge is -2.05. The van der Waals surface area contributed by atoms with E-state index in [2.05, 4.69) is 4.98 Å². The molecule has 0 aliphatic heterocycles. The molecule has 0 N–H and O–H groups in total. The van der Waals surface area contributed by atoms with Gasteiger partial charge in [0.05, 0.1) is 11.1 Å². The van der Waals surface area contributed by atoms with E-state index in [4.69, 9.17) is 9.47 Å². The van der Waals surface area contributed by atoms with E-state index in [-0.39, 0.29) is 17.2 Å². The molecule has 2 aromatic rings. The lowest BCUT2D eigenvalue weighted by Crippen LogP contribution is -2.13. The Hall–Kier alpha value is -2.96. The molecule has 2 rings (SSSR count). The second-order valence-corrected chi connectivity index (χ2v) is 3.90. The minimum atomic E-state index is -0.939. The molecule has 0 fully saturated rings. The Bertz CT molecular complexity index is 639. The van der Waals surface area contributed by atoms with Crippen LogP contribution in [0, 0.1) is 17.0 Å². The Balaban J connectivity index is 1.99. The minimum Gasteiger partial charge on any atom is -0.395 e. The number of benzene rings is 1. The summed E-state index contributed by atoms with van der Waals surface area (Å²) >= 11 is 0. The summed E-state index contributed by atoms with van der Waals surface area (Å²) in [4.78, 5) is 25.3. The van der Waals surface area contributed by atoms with Gasteiger partial charge in [-0.25, -0.2) is 4.79 Å². The van der Waals surface area contributed by atoms with Gasteiger partial charge in [0.2, 0.25) is 0 Å². The molecule has 0 saturated heterocycles. The minimum absolute atomic E-state index is 0.0893. The van der Waals surface area contributed by atoms with Crippen LogP contribution in [0.5, 0.6) is 11.5 Å². The Labute approximate surface area is 113 Å². The van der Waals surface area contributed by atoms with Gasteiger partial charge in [0, 0.05) is 18.3 Å². The van der Waals surface area contributed by atoms with Crippen molar-refractivity contribution in [1.29, 1.82) is 0 Å². The van der Waals surface area contributed by atoms with Crippen molar-refractivity contribution in [1.82, 2.24) is 4.98 Å². The number of hydrogen-bond donors (Lipinski definition) is 0. The molecule has 0 atom stereocenters. The number of nitro benzene ring substituents is 1. The van der Waals surface area contributed by atoms with Crippen LogP contribution in [0.4, 0.5) is 10.5 Å². The molecule has 20 heavy (non-hydrogen) atoms. The summed E-state index contributed by atoms with van der Waals surface area (Å²) in [5.41, 5.74) is 0.749. The van der Waals surface area contributed by atoms with Gasteiger partial charge in [-0.1, -0.05) is 0 Å². The maximum absolute atomic E-state index is 11.5. The molecular formula is C13H10N2O5. The fourth-order valence-corrected chi connectivity index (χ4v) is 1.43. The van der Waals surface area contributed by atoms with Gasteiger partial charge in [0.15, 0.2) is 5.75 Å². The molecule has 0 aliphatic carbocycles. The van der Waals surface area contributed by atoms with Crippen molar-refractivity contribution in [3.63, 3.8) is 0 Å². The van der Waals surface area contributed by atoms with E-state index in [1.165, 1.54) is 30.5 Å². The number of non-ortho nitro benzene ring substituents is 1. The first kappa shape index (κ1) is 13.5. The molecule has 1 aromatic heterocycles. The van der Waals surface area contributed by atoms with Gasteiger partial charge in [-0.2, -0.15) is 0 Å². The smallest absolute Gasteiger partial charge is 0.395 e. The number of pyridine rings is 1. The molecule has 0 amide bonds. The molecule has 0 radical (unpaired) electrons. The van der Waals surface area contributed by atoms with E-state index in [1.807, 2.05) is 6.92 Å². The molecule has 0 aliphatic rings. The van der Waals surface area contributed by atoms with Crippen LogP contribution in [0.3, 0.4) is 0 Å². The van der Waals surface area contributed by atoms with Crippen molar-refractivity contribution in [3.05, 3.63) is 58.4 Å². The summed E-state index contributed by atoms with van der Waals surface area (Å²) in [5, 5.41) is 10.5. The van der Waals surface area contributed by atoms with Gasteiger partial charge in [0.1, 0.15) is 5.75 Å². The quantitative estimate of drug-likeness (QED) is 0.370. The van der Waals surface area contributed by atoms with Gasteiger partial charge in [-0.3, -0.25) is 15.1 Å². The summed E-state index contributed by atoms with van der Waals surface area (Å²) < 4.78 is 9.80. The van der Waals surface area contributed by atoms with Crippen molar-refractivity contribution in [3.8, 4) is 11.5 Å². The molecule has 7 heteroatoms. The summed E-state index contributed by atoms with van der Waals surface area (Å²) in [6, 6.07) is 6.72. The van der Waals surface area contributed by atoms with Crippen molar-refractivity contribution < 1.29 is 19.2 Å². The fourth-order valence-electron chi connectivity index (χ4n) is 1.43. The highest BCUT2D eigenvalue weighted by atomic mass is 16.7. The summed E-state index contributed by atoms with van der Waals surface area (Å²) in [6.07, 6.45) is 2.06. The van der Waals surface area contributed by atoms with Crippen LogP contribution in [0.2, 0.25) is 0 Å². The highest BCUT2D eigenvalue weighted by Gasteiger charge is 2.10. The maximum atomic E-state index is 11.5. The highest BCUT2D eigenvalue weighted by molar-refractivity contribution is 5.67. The van der Waals surface area contributed by atoms with Crippen LogP contribution < -0.4 is 9.47 Å². The third-order valence-electron chi connectivity index (χ3n) is 2.30. The molecule has 0 saturated carbocycles. The van der Waals surface area contributed by atoms with Gasteiger partial charge in [-0.15, -0.1) is 0 Å². The standard InChI is InChI=1S/C13H10N2O5/c1-9-6-12(8-14-7-9)20-13(16)19-11-4-2-10(3-5-11)15(17)18/h2-8H,1H3. The van der Waals surface area contributed by atoms with Gasteiger partial charge >= 0.3 is 6.16 Å². The largest absolute Gasteiger partial charge is 0.519 e. The number of hydrogen-bond acceptors (Lipinski definition) is 6. The zero-order chi connectivity index (χ0) is 14.5. The first-order chi connectivity index (χ1) is 9.54. The molecule has 0 spiro atoms. The first-order valence-electron chi connectivity index (χ1n) is 5.60. The first-order valence-corrected chi connectivity index (χ1v) is 5.60. The fraction of sp³-hybridized carbons (Fsp3) is 0.0769. The van der Waals surface area contributed by atoms with Crippen LogP contribution in [0.15, 0.2) is 42.7 Å². The molecule has 1 aromatic carbocycles. The van der Waals surface area contributed by atoms with E-state index in [1.54, 1.807) is 12.3 Å². The predicted octanol–water partition coefficient (Wildman–Crippen LogP) is 2.88. The summed E-state index contributed by atoms with van der Waals surface area (Å²) in [7, 11) is 0. The molecule has 0 bridgehead atoms. The Morgan fingerprint density at radius 2 is 1.80 bits per heavy atom. The average molecular weight is 274 g/mol. The van der Waals surface area contributed by atoms with E-state index in [0.717, 1.165) is 5.56 Å². The second-order valence-electron chi connectivity index (χ2n) is 3.90. The second kappa shape index (κ2) is 5.79. The lowest BCUT2D eigenvalue weighted by molar-refractivity contribution is -0.384. The van der Waals surface area contributed by atoms with Crippen molar-refractivity contribution in [2.45, 2.75) is 6.92 Å². The summed E-state index contributed by atoms with van der Waals surface area (Å²) in [6.45, 7) is 1.81. The third kappa shape index (κ3) is 3.52. The number of ether oxygens (including phenoxy) is 2. The number of carbonyl (C=O) groups is 1.